The van der Waals surface area contributed by atoms with Gasteiger partial charge in [0.25, 0.3) is 5.91 Å². The van der Waals surface area contributed by atoms with Gasteiger partial charge in [-0.1, -0.05) is 53.5 Å². The van der Waals surface area contributed by atoms with Crippen molar-refractivity contribution in [3.8, 4) is 17.2 Å². The Bertz CT molecular complexity index is 1590. The molecule has 3 aromatic carbocycles. The van der Waals surface area contributed by atoms with E-state index in [1.54, 1.807) is 18.2 Å². The standard InChI is InChI=1S/C34H38Cl2N2O6S.ClH/c1-41-29-18-24(19-30(42-2)31(29)43-3)32(39)38-16-17-44-33(22-38,25-8-9-27(35)28(36)20-25)10-13-37-14-11-34(12-15-37)26-7-5-4-6-23(26)21-45(34)40;/h4-9,18-20H,10-17,21-22H2,1-3H3;1H. The molecule has 46 heavy (non-hydrogen) atoms. The Morgan fingerprint density at radius 2 is 1.63 bits per heavy atom. The molecule has 0 aliphatic carbocycles. The first-order valence-corrected chi connectivity index (χ1v) is 17.2. The topological polar surface area (TPSA) is 77.5 Å². The number of piperidine rings is 1. The van der Waals surface area contributed by atoms with Crippen LogP contribution in [0.25, 0.3) is 0 Å². The molecule has 0 radical (unpaired) electrons. The fourth-order valence-corrected chi connectivity index (χ4v) is 9.25. The van der Waals surface area contributed by atoms with Gasteiger partial charge in [-0.05, 0) is 73.3 Å². The van der Waals surface area contributed by atoms with Crippen LogP contribution >= 0.6 is 35.6 Å². The van der Waals surface area contributed by atoms with Crippen molar-refractivity contribution in [3.63, 3.8) is 0 Å². The molecule has 0 N–H and O–H groups in total. The zero-order valence-corrected chi connectivity index (χ0v) is 29.3. The van der Waals surface area contributed by atoms with Crippen molar-refractivity contribution in [1.29, 1.82) is 0 Å². The van der Waals surface area contributed by atoms with Crippen molar-refractivity contribution < 1.29 is 28.0 Å². The molecule has 3 aromatic rings. The van der Waals surface area contributed by atoms with Crippen molar-refractivity contribution in [3.05, 3.63) is 86.9 Å². The Balaban J connectivity index is 0.00000417. The van der Waals surface area contributed by atoms with Gasteiger partial charge in [-0.2, -0.15) is 0 Å². The van der Waals surface area contributed by atoms with Crippen molar-refractivity contribution >= 4 is 52.3 Å². The molecule has 1 amide bonds. The molecule has 3 heterocycles. The third-order valence-corrected chi connectivity index (χ3v) is 12.4. The van der Waals surface area contributed by atoms with E-state index >= 15 is 0 Å². The highest BCUT2D eigenvalue weighted by Crippen LogP contribution is 2.47. The van der Waals surface area contributed by atoms with Crippen molar-refractivity contribution in [2.75, 3.05) is 60.7 Å². The van der Waals surface area contributed by atoms with Crippen LogP contribution in [0.3, 0.4) is 0 Å². The number of carbonyl (C=O) groups excluding carboxylic acids is 1. The van der Waals surface area contributed by atoms with Crippen LogP contribution < -0.4 is 14.2 Å². The number of rotatable bonds is 8. The van der Waals surface area contributed by atoms with E-state index in [0.717, 1.165) is 38.0 Å². The fourth-order valence-electron chi connectivity index (χ4n) is 7.06. The average Bonchev–Trinajstić information content (AvgIpc) is 3.34. The number of likely N-dealkylation sites (tertiary alicyclic amines) is 1. The summed E-state index contributed by atoms with van der Waals surface area (Å²) in [5, 5.41) is 0.899. The van der Waals surface area contributed by atoms with Crippen molar-refractivity contribution in [2.24, 2.45) is 0 Å². The summed E-state index contributed by atoms with van der Waals surface area (Å²) in [6.07, 6.45) is 2.34. The van der Waals surface area contributed by atoms with E-state index in [9.17, 15) is 9.00 Å². The zero-order chi connectivity index (χ0) is 31.8. The molecule has 0 bridgehead atoms. The maximum absolute atomic E-state index is 14.0. The largest absolute Gasteiger partial charge is 0.493 e. The number of fused-ring (bicyclic) bond motifs is 2. The second-order valence-corrected chi connectivity index (χ2v) is 14.4. The van der Waals surface area contributed by atoms with E-state index < -0.39 is 16.4 Å². The molecule has 2 atom stereocenters. The van der Waals surface area contributed by atoms with Gasteiger partial charge >= 0.3 is 0 Å². The molecule has 2 fully saturated rings. The number of hydrogen-bond donors (Lipinski definition) is 0. The lowest BCUT2D eigenvalue weighted by atomic mass is 9.85. The second kappa shape index (κ2) is 14.3. The predicted molar refractivity (Wildman–Crippen MR) is 184 cm³/mol. The van der Waals surface area contributed by atoms with Crippen molar-refractivity contribution in [1.82, 2.24) is 9.80 Å². The highest BCUT2D eigenvalue weighted by molar-refractivity contribution is 7.85. The van der Waals surface area contributed by atoms with Gasteiger partial charge in [0, 0.05) is 35.2 Å². The smallest absolute Gasteiger partial charge is 0.254 e. The summed E-state index contributed by atoms with van der Waals surface area (Å²) >= 11 is 12.8. The lowest BCUT2D eigenvalue weighted by molar-refractivity contribution is -0.113. The highest BCUT2D eigenvalue weighted by atomic mass is 35.5. The molecule has 2 saturated heterocycles. The van der Waals surface area contributed by atoms with Gasteiger partial charge in [-0.25, -0.2) is 0 Å². The normalized spacial score (nSPS) is 22.2. The van der Waals surface area contributed by atoms with Gasteiger partial charge in [0.15, 0.2) is 11.5 Å². The summed E-state index contributed by atoms with van der Waals surface area (Å²) in [7, 11) is 3.67. The van der Waals surface area contributed by atoms with E-state index in [-0.39, 0.29) is 23.1 Å². The number of morpholine rings is 1. The Morgan fingerprint density at radius 3 is 2.28 bits per heavy atom. The number of hydrogen-bond acceptors (Lipinski definition) is 7. The van der Waals surface area contributed by atoms with Crippen LogP contribution in [-0.4, -0.2) is 80.6 Å². The van der Waals surface area contributed by atoms with Crippen LogP contribution in [0.5, 0.6) is 17.2 Å². The molecule has 1 spiro atoms. The number of halogens is 3. The number of benzene rings is 3. The summed E-state index contributed by atoms with van der Waals surface area (Å²) < 4.78 is 36.1. The molecule has 0 aromatic heterocycles. The highest BCUT2D eigenvalue weighted by Gasteiger charge is 2.47. The Morgan fingerprint density at radius 1 is 0.935 bits per heavy atom. The van der Waals surface area contributed by atoms with Crippen LogP contribution in [0.4, 0.5) is 0 Å². The Labute approximate surface area is 289 Å². The van der Waals surface area contributed by atoms with E-state index in [4.69, 9.17) is 42.1 Å². The molecular formula is C34H39Cl3N2O6S. The molecule has 6 rings (SSSR count). The lowest BCUT2D eigenvalue weighted by Gasteiger charge is -2.45. The van der Waals surface area contributed by atoms with Gasteiger partial charge in [-0.3, -0.25) is 9.00 Å². The van der Waals surface area contributed by atoms with Crippen molar-refractivity contribution in [2.45, 2.75) is 35.4 Å². The second-order valence-electron chi connectivity index (χ2n) is 11.8. The summed E-state index contributed by atoms with van der Waals surface area (Å²) in [5.74, 6) is 1.73. The number of nitrogens with zero attached hydrogens (tertiary/aromatic N) is 2. The molecular weight excluding hydrogens is 671 g/mol. The molecule has 248 valence electrons. The lowest BCUT2D eigenvalue weighted by Crippen LogP contribution is -2.53. The van der Waals surface area contributed by atoms with E-state index in [2.05, 4.69) is 23.1 Å². The van der Waals surface area contributed by atoms with E-state index in [1.807, 2.05) is 23.1 Å². The first kappa shape index (κ1) is 34.8. The number of ether oxygens (including phenoxy) is 4. The molecule has 2 unspecified atom stereocenters. The molecule has 3 aliphatic heterocycles. The molecule has 12 heteroatoms. The number of amides is 1. The third-order valence-electron chi connectivity index (χ3n) is 9.56. The first-order chi connectivity index (χ1) is 21.7. The van der Waals surface area contributed by atoms with Gasteiger partial charge in [0.05, 0.1) is 49.3 Å². The SMILES string of the molecule is COc1cc(C(=O)N2CCOC(CCN3CCC4(CC3)c3ccccc3CS4=O)(c3ccc(Cl)c(Cl)c3)C2)cc(OC)c1OC.Cl. The maximum atomic E-state index is 14.0. The van der Waals surface area contributed by atoms with Crippen LogP contribution in [0.2, 0.25) is 10.0 Å². The molecule has 0 saturated carbocycles. The first-order valence-electron chi connectivity index (χ1n) is 15.1. The number of methoxy groups -OCH3 is 3. The minimum atomic E-state index is -0.914. The predicted octanol–water partition coefficient (Wildman–Crippen LogP) is 6.45. The molecule has 8 nitrogen and oxygen atoms in total. The minimum Gasteiger partial charge on any atom is -0.493 e. The summed E-state index contributed by atoms with van der Waals surface area (Å²) in [6.45, 7) is 3.54. The summed E-state index contributed by atoms with van der Waals surface area (Å²) in [4.78, 5) is 18.2. The van der Waals surface area contributed by atoms with E-state index in [1.165, 1.54) is 32.5 Å². The van der Waals surface area contributed by atoms with Crippen LogP contribution in [-0.2, 0) is 31.6 Å². The third kappa shape index (κ3) is 6.34. The van der Waals surface area contributed by atoms with Gasteiger partial charge in [-0.15, -0.1) is 12.4 Å². The quantitative estimate of drug-likeness (QED) is 0.266. The number of carbonyl (C=O) groups is 1. The van der Waals surface area contributed by atoms with Crippen LogP contribution in [0, 0.1) is 0 Å². The summed E-state index contributed by atoms with van der Waals surface area (Å²) in [6, 6.07) is 17.3. The van der Waals surface area contributed by atoms with E-state index in [0.29, 0.717) is 64.7 Å². The Hall–Kier alpha value is -2.53. The minimum absolute atomic E-state index is 0. The molecule has 3 aliphatic rings. The zero-order valence-electron chi connectivity index (χ0n) is 26.2. The van der Waals surface area contributed by atoms with Crippen LogP contribution in [0.1, 0.15) is 46.3 Å². The Kier molecular flexibility index (Phi) is 10.8. The summed E-state index contributed by atoms with van der Waals surface area (Å²) in [5.41, 5.74) is 2.97. The monoisotopic (exact) mass is 708 g/mol. The fraction of sp³-hybridized carbons (Fsp3) is 0.441. The van der Waals surface area contributed by atoms with Gasteiger partial charge in [0.1, 0.15) is 5.60 Å². The van der Waals surface area contributed by atoms with Gasteiger partial charge in [0.2, 0.25) is 5.75 Å². The van der Waals surface area contributed by atoms with Gasteiger partial charge < -0.3 is 28.7 Å². The van der Waals surface area contributed by atoms with Crippen LogP contribution in [0.15, 0.2) is 54.6 Å². The maximum Gasteiger partial charge on any atom is 0.254 e. The average molecular weight is 710 g/mol.